The van der Waals surface area contributed by atoms with E-state index in [1.165, 1.54) is 19.1 Å². The topological polar surface area (TPSA) is 92.3 Å². The fourth-order valence-electron chi connectivity index (χ4n) is 2.73. The van der Waals surface area contributed by atoms with E-state index in [0.717, 1.165) is 0 Å². The predicted octanol–water partition coefficient (Wildman–Crippen LogP) is 3.02. The van der Waals surface area contributed by atoms with E-state index < -0.39 is 18.0 Å². The zero-order chi connectivity index (χ0) is 19.7. The highest BCUT2D eigenvalue weighted by atomic mass is 35.5. The molecule has 0 radical (unpaired) electrons. The molecule has 1 N–H and O–H groups in total. The summed E-state index contributed by atoms with van der Waals surface area (Å²) in [6.07, 6.45) is -1.04. The highest BCUT2D eigenvalue weighted by molar-refractivity contribution is 6.32. The van der Waals surface area contributed by atoms with E-state index in [2.05, 4.69) is 5.32 Å². The van der Waals surface area contributed by atoms with E-state index in [1.54, 1.807) is 18.2 Å². The maximum atomic E-state index is 12.4. The van der Waals surface area contributed by atoms with Gasteiger partial charge in [-0.05, 0) is 31.2 Å². The molecule has 1 unspecified atom stereocenters. The lowest BCUT2D eigenvalue weighted by molar-refractivity contribution is -0.123. The van der Waals surface area contributed by atoms with Crippen LogP contribution in [0.3, 0.4) is 0 Å². The summed E-state index contributed by atoms with van der Waals surface area (Å²) in [4.78, 5) is 24.8. The first kappa shape index (κ1) is 18.2. The van der Waals surface area contributed by atoms with Crippen molar-refractivity contribution >= 4 is 29.2 Å². The fraction of sp³-hybridized carbons (Fsp3) is 0.263. The van der Waals surface area contributed by atoms with Gasteiger partial charge in [0.15, 0.2) is 29.1 Å². The van der Waals surface area contributed by atoms with Crippen molar-refractivity contribution < 1.29 is 33.3 Å². The van der Waals surface area contributed by atoms with E-state index in [4.69, 9.17) is 35.3 Å². The van der Waals surface area contributed by atoms with Crippen LogP contribution in [0.5, 0.6) is 23.0 Å². The van der Waals surface area contributed by atoms with Gasteiger partial charge in [0.1, 0.15) is 13.2 Å². The molecule has 0 spiro atoms. The number of esters is 1. The van der Waals surface area contributed by atoms with Gasteiger partial charge >= 0.3 is 5.97 Å². The first-order chi connectivity index (χ1) is 13.5. The first-order valence-electron chi connectivity index (χ1n) is 8.52. The van der Waals surface area contributed by atoms with Gasteiger partial charge in [0.25, 0.3) is 5.91 Å². The predicted molar refractivity (Wildman–Crippen MR) is 98.5 cm³/mol. The average Bonchev–Trinajstić information content (AvgIpc) is 3.15. The molecule has 0 bridgehead atoms. The molecule has 146 valence electrons. The standard InChI is InChI=1S/C19H16ClNO7/c1-10(18(22)21-12-2-3-14-15(8-12)27-9-26-14)28-19(23)11-6-13(20)17-16(7-11)24-4-5-25-17/h2-3,6-8,10H,4-5,9H2,1H3,(H,21,22). The van der Waals surface area contributed by atoms with Crippen LogP contribution in [0.2, 0.25) is 5.02 Å². The number of carbonyl (C=O) groups is 2. The van der Waals surface area contributed by atoms with E-state index in [0.29, 0.717) is 41.9 Å². The normalized spacial score (nSPS) is 14.9. The quantitative estimate of drug-likeness (QED) is 0.781. The Morgan fingerprint density at radius 2 is 1.82 bits per heavy atom. The van der Waals surface area contributed by atoms with Crippen molar-refractivity contribution in [3.63, 3.8) is 0 Å². The van der Waals surface area contributed by atoms with E-state index in [9.17, 15) is 9.59 Å². The summed E-state index contributed by atoms with van der Waals surface area (Å²) in [5.74, 6) is 0.700. The third-order valence-electron chi connectivity index (χ3n) is 4.13. The molecule has 0 saturated carbocycles. The Morgan fingerprint density at radius 1 is 1.04 bits per heavy atom. The Balaban J connectivity index is 1.41. The number of amides is 1. The van der Waals surface area contributed by atoms with Gasteiger partial charge in [-0.25, -0.2) is 4.79 Å². The highest BCUT2D eigenvalue weighted by Crippen LogP contribution is 2.38. The molecular weight excluding hydrogens is 390 g/mol. The van der Waals surface area contributed by atoms with Gasteiger partial charge in [-0.1, -0.05) is 11.6 Å². The molecule has 9 heteroatoms. The molecule has 2 heterocycles. The number of fused-ring (bicyclic) bond motifs is 2. The minimum absolute atomic E-state index is 0.138. The number of carbonyl (C=O) groups excluding carboxylic acids is 2. The first-order valence-corrected chi connectivity index (χ1v) is 8.89. The maximum Gasteiger partial charge on any atom is 0.339 e. The van der Waals surface area contributed by atoms with Gasteiger partial charge < -0.3 is 29.0 Å². The molecule has 1 amide bonds. The Bertz CT molecular complexity index is 946. The monoisotopic (exact) mass is 405 g/mol. The number of hydrogen-bond donors (Lipinski definition) is 1. The second-order valence-electron chi connectivity index (χ2n) is 6.09. The van der Waals surface area contributed by atoms with Gasteiger partial charge in [0.2, 0.25) is 6.79 Å². The fourth-order valence-corrected chi connectivity index (χ4v) is 2.99. The SMILES string of the molecule is CC(OC(=O)c1cc(Cl)c2c(c1)OCCO2)C(=O)Nc1ccc2c(c1)OCO2. The third-order valence-corrected chi connectivity index (χ3v) is 4.41. The van der Waals surface area contributed by atoms with E-state index in [1.807, 2.05) is 0 Å². The summed E-state index contributed by atoms with van der Waals surface area (Å²) in [6.45, 7) is 2.35. The number of benzene rings is 2. The molecule has 2 aromatic rings. The van der Waals surface area contributed by atoms with Crippen LogP contribution in [-0.2, 0) is 9.53 Å². The number of rotatable bonds is 4. The summed E-state index contributed by atoms with van der Waals surface area (Å²) in [5, 5.41) is 2.90. The van der Waals surface area contributed by atoms with Crippen LogP contribution in [0.15, 0.2) is 30.3 Å². The summed E-state index contributed by atoms with van der Waals surface area (Å²) < 4.78 is 26.6. The van der Waals surface area contributed by atoms with Crippen LogP contribution >= 0.6 is 11.6 Å². The van der Waals surface area contributed by atoms with E-state index >= 15 is 0 Å². The summed E-state index contributed by atoms with van der Waals surface area (Å²) in [5.41, 5.74) is 0.663. The average molecular weight is 406 g/mol. The van der Waals surface area contributed by atoms with Crippen molar-refractivity contribution in [1.29, 1.82) is 0 Å². The molecule has 2 aliphatic heterocycles. The molecule has 0 aromatic heterocycles. The molecular formula is C19H16ClNO7. The number of nitrogens with one attached hydrogen (secondary N) is 1. The van der Waals surface area contributed by atoms with Gasteiger partial charge in [-0.15, -0.1) is 0 Å². The van der Waals surface area contributed by atoms with Crippen LogP contribution in [0.25, 0.3) is 0 Å². The lowest BCUT2D eigenvalue weighted by Crippen LogP contribution is -2.30. The van der Waals surface area contributed by atoms with Gasteiger partial charge in [0, 0.05) is 11.8 Å². The molecule has 2 aromatic carbocycles. The van der Waals surface area contributed by atoms with Crippen molar-refractivity contribution in [3.8, 4) is 23.0 Å². The van der Waals surface area contributed by atoms with Crippen molar-refractivity contribution in [3.05, 3.63) is 40.9 Å². The Hall–Kier alpha value is -3.13. The summed E-state index contributed by atoms with van der Waals surface area (Å²) >= 11 is 6.13. The molecule has 0 aliphatic carbocycles. The van der Waals surface area contributed by atoms with Crippen molar-refractivity contribution in [1.82, 2.24) is 0 Å². The molecule has 0 fully saturated rings. The highest BCUT2D eigenvalue weighted by Gasteiger charge is 2.24. The second kappa shape index (κ2) is 7.47. The van der Waals surface area contributed by atoms with Gasteiger partial charge in [0.05, 0.1) is 10.6 Å². The van der Waals surface area contributed by atoms with Crippen molar-refractivity contribution in [2.24, 2.45) is 0 Å². The number of hydrogen-bond acceptors (Lipinski definition) is 7. The van der Waals surface area contributed by atoms with Crippen LogP contribution < -0.4 is 24.3 Å². The molecule has 28 heavy (non-hydrogen) atoms. The van der Waals surface area contributed by atoms with Crippen LogP contribution in [0, 0.1) is 0 Å². The lowest BCUT2D eigenvalue weighted by Gasteiger charge is -2.20. The Labute approximate surface area is 165 Å². The lowest BCUT2D eigenvalue weighted by atomic mass is 10.2. The second-order valence-corrected chi connectivity index (χ2v) is 6.49. The number of anilines is 1. The molecule has 4 rings (SSSR count). The van der Waals surface area contributed by atoms with Gasteiger partial charge in [-0.3, -0.25) is 4.79 Å². The Morgan fingerprint density at radius 3 is 2.68 bits per heavy atom. The van der Waals surface area contributed by atoms with Crippen LogP contribution in [0.1, 0.15) is 17.3 Å². The molecule has 8 nitrogen and oxygen atoms in total. The van der Waals surface area contributed by atoms with Crippen LogP contribution in [0.4, 0.5) is 5.69 Å². The van der Waals surface area contributed by atoms with Crippen molar-refractivity contribution in [2.45, 2.75) is 13.0 Å². The summed E-state index contributed by atoms with van der Waals surface area (Å²) in [6, 6.07) is 7.88. The largest absolute Gasteiger partial charge is 0.486 e. The Kier molecular flexibility index (Phi) is 4.87. The number of halogens is 1. The molecule has 0 saturated heterocycles. The zero-order valence-electron chi connectivity index (χ0n) is 14.8. The summed E-state index contributed by atoms with van der Waals surface area (Å²) in [7, 11) is 0. The van der Waals surface area contributed by atoms with Crippen LogP contribution in [-0.4, -0.2) is 38.0 Å². The zero-order valence-corrected chi connectivity index (χ0v) is 15.6. The number of ether oxygens (including phenoxy) is 5. The van der Waals surface area contributed by atoms with Gasteiger partial charge in [-0.2, -0.15) is 0 Å². The smallest absolute Gasteiger partial charge is 0.339 e. The minimum Gasteiger partial charge on any atom is -0.486 e. The molecule has 1 atom stereocenters. The third kappa shape index (κ3) is 3.63. The van der Waals surface area contributed by atoms with E-state index in [-0.39, 0.29) is 17.4 Å². The van der Waals surface area contributed by atoms with Crippen molar-refractivity contribution in [2.75, 3.05) is 25.3 Å². The molecule has 2 aliphatic rings. The minimum atomic E-state index is -1.04. The maximum absolute atomic E-state index is 12.4.